The Bertz CT molecular complexity index is 1550. The number of methoxy groups -OCH3 is 1. The van der Waals surface area contributed by atoms with Gasteiger partial charge in [-0.15, -0.1) is 13.2 Å². The fourth-order valence-electron chi connectivity index (χ4n) is 5.28. The number of aryl methyl sites for hydroxylation is 1. The lowest BCUT2D eigenvalue weighted by molar-refractivity contribution is -0.274. The van der Waals surface area contributed by atoms with Crippen LogP contribution >= 0.6 is 0 Å². The molecule has 1 unspecified atom stereocenters. The zero-order valence-electron chi connectivity index (χ0n) is 22.9. The summed E-state index contributed by atoms with van der Waals surface area (Å²) in [5.74, 6) is -3.11. The molecule has 3 aromatic rings. The van der Waals surface area contributed by atoms with Crippen LogP contribution in [0.5, 0.6) is 11.5 Å². The summed E-state index contributed by atoms with van der Waals surface area (Å²) < 4.78 is 63.2. The smallest absolute Gasteiger partial charge is 0.497 e. The van der Waals surface area contributed by atoms with Gasteiger partial charge in [0.15, 0.2) is 0 Å². The molecule has 2 atom stereocenters. The van der Waals surface area contributed by atoms with Gasteiger partial charge in [0.2, 0.25) is 5.91 Å². The maximum Gasteiger partial charge on any atom is 0.573 e. The SMILES string of the molecule is COc1ccc([C@@H]2CN(c3c(C)ccn(CC4CC4)c3=O)C(=O)C2CNC(=O)c2ccc(OC(F)(F)F)cc2)c(F)c1. The van der Waals surface area contributed by atoms with E-state index in [2.05, 4.69) is 10.1 Å². The molecule has 1 aromatic heterocycles. The standard InChI is InChI=1S/C30H29F4N3O5/c1-17-11-12-36(15-18-3-4-18)29(40)26(17)37-16-24(22-10-9-21(41-2)13-25(22)31)23(28(37)39)14-35-27(38)19-5-7-20(8-6-19)42-30(32,33)34/h5-13,18,23-24H,3-4,14-16H2,1-2H3,(H,35,38)/t23?,24-/m0/s1. The van der Waals surface area contributed by atoms with E-state index in [1.807, 2.05) is 0 Å². The minimum absolute atomic E-state index is 0.00954. The lowest BCUT2D eigenvalue weighted by Gasteiger charge is -2.20. The number of nitrogens with one attached hydrogen (secondary N) is 1. The summed E-state index contributed by atoms with van der Waals surface area (Å²) in [7, 11) is 1.40. The Hall–Kier alpha value is -4.35. The molecule has 8 nitrogen and oxygen atoms in total. The molecule has 1 aliphatic heterocycles. The minimum atomic E-state index is -4.87. The molecule has 1 aliphatic carbocycles. The maximum atomic E-state index is 15.3. The number of benzene rings is 2. The summed E-state index contributed by atoms with van der Waals surface area (Å²) in [4.78, 5) is 41.6. The van der Waals surface area contributed by atoms with Gasteiger partial charge in [-0.25, -0.2) is 4.39 Å². The van der Waals surface area contributed by atoms with Crippen LogP contribution in [0.15, 0.2) is 59.5 Å². The first-order chi connectivity index (χ1) is 19.9. The number of carbonyl (C=O) groups is 2. The molecule has 1 N–H and O–H groups in total. The molecule has 0 spiro atoms. The molecule has 2 heterocycles. The summed E-state index contributed by atoms with van der Waals surface area (Å²) in [6.07, 6.45) is -1.08. The van der Waals surface area contributed by atoms with Gasteiger partial charge in [-0.3, -0.25) is 14.4 Å². The fourth-order valence-corrected chi connectivity index (χ4v) is 5.28. The predicted molar refractivity (Wildman–Crippen MR) is 145 cm³/mol. The number of alkyl halides is 3. The van der Waals surface area contributed by atoms with Crippen molar-refractivity contribution in [1.82, 2.24) is 9.88 Å². The number of carbonyl (C=O) groups excluding carboxylic acids is 2. The van der Waals surface area contributed by atoms with Crippen molar-refractivity contribution < 1.29 is 36.6 Å². The average Bonchev–Trinajstić information content (AvgIpc) is 3.71. The van der Waals surface area contributed by atoms with Crippen molar-refractivity contribution >= 4 is 17.5 Å². The molecule has 12 heteroatoms. The average molecular weight is 588 g/mol. The van der Waals surface area contributed by atoms with Crippen LogP contribution in [0.2, 0.25) is 0 Å². The van der Waals surface area contributed by atoms with E-state index in [0.717, 1.165) is 37.1 Å². The van der Waals surface area contributed by atoms with E-state index < -0.39 is 41.6 Å². The van der Waals surface area contributed by atoms with Gasteiger partial charge in [0, 0.05) is 43.4 Å². The zero-order valence-corrected chi connectivity index (χ0v) is 22.9. The van der Waals surface area contributed by atoms with Gasteiger partial charge in [0.05, 0.1) is 13.0 Å². The highest BCUT2D eigenvalue weighted by Crippen LogP contribution is 2.38. The lowest BCUT2D eigenvalue weighted by Crippen LogP contribution is -2.38. The number of hydrogen-bond acceptors (Lipinski definition) is 5. The van der Waals surface area contributed by atoms with Crippen LogP contribution in [0.3, 0.4) is 0 Å². The zero-order chi connectivity index (χ0) is 30.2. The molecule has 5 rings (SSSR count). The van der Waals surface area contributed by atoms with E-state index in [1.165, 1.54) is 24.1 Å². The normalized spacial score (nSPS) is 18.7. The van der Waals surface area contributed by atoms with Crippen molar-refractivity contribution in [3.63, 3.8) is 0 Å². The van der Waals surface area contributed by atoms with Gasteiger partial charge in [0.25, 0.3) is 11.5 Å². The third kappa shape index (κ3) is 6.27. The Morgan fingerprint density at radius 1 is 1.05 bits per heavy atom. The molecule has 0 radical (unpaired) electrons. The second-order valence-corrected chi connectivity index (χ2v) is 10.6. The largest absolute Gasteiger partial charge is 0.573 e. The fraction of sp³-hybridized carbons (Fsp3) is 0.367. The predicted octanol–water partition coefficient (Wildman–Crippen LogP) is 4.79. The maximum absolute atomic E-state index is 15.3. The van der Waals surface area contributed by atoms with E-state index in [0.29, 0.717) is 23.8 Å². The van der Waals surface area contributed by atoms with Crippen LogP contribution in [0.25, 0.3) is 0 Å². The Morgan fingerprint density at radius 3 is 2.36 bits per heavy atom. The highest BCUT2D eigenvalue weighted by Gasteiger charge is 2.44. The number of halogens is 4. The Labute approximate surface area is 238 Å². The molecule has 42 heavy (non-hydrogen) atoms. The van der Waals surface area contributed by atoms with Gasteiger partial charge in [0.1, 0.15) is 23.0 Å². The Kier molecular flexibility index (Phi) is 7.98. The minimum Gasteiger partial charge on any atom is -0.497 e. The van der Waals surface area contributed by atoms with Gasteiger partial charge in [-0.05, 0) is 73.2 Å². The third-order valence-corrected chi connectivity index (χ3v) is 7.65. The third-order valence-electron chi connectivity index (χ3n) is 7.65. The first kappa shape index (κ1) is 29.2. The van der Waals surface area contributed by atoms with Gasteiger partial charge in [-0.1, -0.05) is 6.07 Å². The van der Waals surface area contributed by atoms with Crippen LogP contribution in [-0.2, 0) is 11.3 Å². The topological polar surface area (TPSA) is 89.9 Å². The number of rotatable bonds is 9. The highest BCUT2D eigenvalue weighted by molar-refractivity contribution is 6.00. The molecule has 2 fully saturated rings. The lowest BCUT2D eigenvalue weighted by atomic mass is 9.88. The molecular formula is C30H29F4N3O5. The van der Waals surface area contributed by atoms with E-state index in [-0.39, 0.29) is 35.5 Å². The summed E-state index contributed by atoms with van der Waals surface area (Å²) in [6.45, 7) is 2.09. The monoisotopic (exact) mass is 587 g/mol. The van der Waals surface area contributed by atoms with Crippen LogP contribution in [0.1, 0.15) is 40.2 Å². The first-order valence-corrected chi connectivity index (χ1v) is 13.4. The van der Waals surface area contributed by atoms with Crippen molar-refractivity contribution in [2.75, 3.05) is 25.1 Å². The molecular weight excluding hydrogens is 558 g/mol. The first-order valence-electron chi connectivity index (χ1n) is 13.4. The van der Waals surface area contributed by atoms with E-state index in [1.54, 1.807) is 29.8 Å². The molecule has 2 aliphatic rings. The number of aromatic nitrogens is 1. The van der Waals surface area contributed by atoms with Crippen molar-refractivity contribution in [3.8, 4) is 11.5 Å². The molecule has 1 saturated carbocycles. The van der Waals surface area contributed by atoms with Crippen molar-refractivity contribution in [2.24, 2.45) is 11.8 Å². The van der Waals surface area contributed by atoms with E-state index in [9.17, 15) is 27.6 Å². The highest BCUT2D eigenvalue weighted by atomic mass is 19.4. The van der Waals surface area contributed by atoms with Crippen LogP contribution in [0.4, 0.5) is 23.2 Å². The number of ether oxygens (including phenoxy) is 2. The number of pyridine rings is 1. The van der Waals surface area contributed by atoms with Crippen LogP contribution in [-0.4, -0.2) is 42.9 Å². The molecule has 2 amide bonds. The quantitative estimate of drug-likeness (QED) is 0.364. The molecule has 1 saturated heterocycles. The second-order valence-electron chi connectivity index (χ2n) is 10.6. The Morgan fingerprint density at radius 2 is 1.74 bits per heavy atom. The van der Waals surface area contributed by atoms with Crippen molar-refractivity contribution in [3.05, 3.63) is 87.6 Å². The van der Waals surface area contributed by atoms with Gasteiger partial charge in [-0.2, -0.15) is 0 Å². The van der Waals surface area contributed by atoms with Crippen molar-refractivity contribution in [1.29, 1.82) is 0 Å². The van der Waals surface area contributed by atoms with Crippen LogP contribution in [0, 0.1) is 24.6 Å². The number of hydrogen-bond donors (Lipinski definition) is 1. The number of anilines is 1. The summed E-state index contributed by atoms with van der Waals surface area (Å²) in [6, 6.07) is 10.4. The van der Waals surface area contributed by atoms with E-state index >= 15 is 4.39 Å². The van der Waals surface area contributed by atoms with Crippen molar-refractivity contribution in [2.45, 2.75) is 38.6 Å². The van der Waals surface area contributed by atoms with Gasteiger partial charge < -0.3 is 24.3 Å². The van der Waals surface area contributed by atoms with E-state index in [4.69, 9.17) is 4.74 Å². The molecule has 0 bridgehead atoms. The number of amides is 2. The number of nitrogens with zero attached hydrogens (tertiary/aromatic N) is 2. The van der Waals surface area contributed by atoms with Gasteiger partial charge >= 0.3 is 6.36 Å². The second kappa shape index (κ2) is 11.5. The molecule has 2 aromatic carbocycles. The summed E-state index contributed by atoms with van der Waals surface area (Å²) in [5.41, 5.74) is 0.777. The Balaban J connectivity index is 1.42. The molecule has 222 valence electrons. The summed E-state index contributed by atoms with van der Waals surface area (Å²) in [5, 5.41) is 2.65. The van der Waals surface area contributed by atoms with Crippen LogP contribution < -0.4 is 25.2 Å². The summed E-state index contributed by atoms with van der Waals surface area (Å²) >= 11 is 0.